The van der Waals surface area contributed by atoms with E-state index in [9.17, 15) is 0 Å². The van der Waals surface area contributed by atoms with E-state index < -0.39 is 0 Å². The van der Waals surface area contributed by atoms with Crippen molar-refractivity contribution in [1.82, 2.24) is 19.5 Å². The molecule has 0 saturated carbocycles. The SMILES string of the molecule is c1ccc(-c2ccc(-n3c4ccccc4c4c(-c5nc(-c6ccc7c(c6)sc6ccccc67)nc(-c6cccc7c6sc6ccccc67)n5)cccc43)cc2)cc1. The Labute approximate surface area is 335 Å². The molecule has 0 aliphatic carbocycles. The van der Waals surface area contributed by atoms with Gasteiger partial charge in [0.15, 0.2) is 17.5 Å². The molecular formula is C51H30N4S2. The van der Waals surface area contributed by atoms with Gasteiger partial charge >= 0.3 is 0 Å². The minimum Gasteiger partial charge on any atom is -0.309 e. The molecule has 4 aromatic heterocycles. The molecule has 0 fully saturated rings. The molecule has 0 N–H and O–H groups in total. The standard InChI is InChI=1S/C51H30N4S2/c1-2-12-31(13-3-1)32-24-27-34(28-25-32)55-42-20-7-4-16-39(42)47-40(18-11-21-43(47)55)50-52-49(33-26-29-37-35-14-5-8-22-44(35)56-46(37)30-33)53-51(54-50)41-19-10-17-38-36-15-6-9-23-45(36)57-48(38)41/h1-30H. The van der Waals surface area contributed by atoms with E-state index >= 15 is 0 Å². The zero-order valence-corrected chi connectivity index (χ0v) is 32.1. The molecule has 266 valence electrons. The maximum absolute atomic E-state index is 5.38. The van der Waals surface area contributed by atoms with E-state index in [1.165, 1.54) is 51.5 Å². The van der Waals surface area contributed by atoms with Crippen molar-refractivity contribution in [3.8, 4) is 51.0 Å². The quantitative estimate of drug-likeness (QED) is 0.175. The van der Waals surface area contributed by atoms with Gasteiger partial charge in [-0.1, -0.05) is 133 Å². The van der Waals surface area contributed by atoms with Crippen molar-refractivity contribution in [3.05, 3.63) is 182 Å². The number of hydrogen-bond donors (Lipinski definition) is 0. The summed E-state index contributed by atoms with van der Waals surface area (Å²) < 4.78 is 7.27. The van der Waals surface area contributed by atoms with Gasteiger partial charge in [0.1, 0.15) is 0 Å². The summed E-state index contributed by atoms with van der Waals surface area (Å²) >= 11 is 3.60. The van der Waals surface area contributed by atoms with Crippen molar-refractivity contribution in [3.63, 3.8) is 0 Å². The van der Waals surface area contributed by atoms with Crippen molar-refractivity contribution in [2.75, 3.05) is 0 Å². The highest BCUT2D eigenvalue weighted by Gasteiger charge is 2.21. The van der Waals surface area contributed by atoms with Crippen molar-refractivity contribution < 1.29 is 0 Å². The molecule has 6 heteroatoms. The van der Waals surface area contributed by atoms with Gasteiger partial charge in [0, 0.05) is 73.5 Å². The van der Waals surface area contributed by atoms with Crippen LogP contribution < -0.4 is 0 Å². The summed E-state index contributed by atoms with van der Waals surface area (Å²) in [6.45, 7) is 0. The lowest BCUT2D eigenvalue weighted by Crippen LogP contribution is -2.00. The number of aromatic nitrogens is 4. The number of rotatable bonds is 5. The zero-order chi connectivity index (χ0) is 37.5. The average molecular weight is 763 g/mol. The molecule has 0 aliphatic heterocycles. The van der Waals surface area contributed by atoms with Crippen LogP contribution in [0.25, 0.3) is 113 Å². The molecule has 0 amide bonds. The fourth-order valence-electron chi connectivity index (χ4n) is 8.45. The molecule has 57 heavy (non-hydrogen) atoms. The van der Waals surface area contributed by atoms with E-state index in [2.05, 4.69) is 187 Å². The van der Waals surface area contributed by atoms with Gasteiger partial charge in [-0.15, -0.1) is 22.7 Å². The number of benzene rings is 8. The van der Waals surface area contributed by atoms with Crippen LogP contribution in [0.3, 0.4) is 0 Å². The number of para-hydroxylation sites is 1. The zero-order valence-electron chi connectivity index (χ0n) is 30.4. The van der Waals surface area contributed by atoms with Crippen LogP contribution in [0.15, 0.2) is 182 Å². The lowest BCUT2D eigenvalue weighted by molar-refractivity contribution is 1.08. The Kier molecular flexibility index (Phi) is 7.24. The summed E-state index contributed by atoms with van der Waals surface area (Å²) in [6, 6.07) is 64.9. The maximum atomic E-state index is 5.38. The van der Waals surface area contributed by atoms with Gasteiger partial charge in [0.2, 0.25) is 0 Å². The van der Waals surface area contributed by atoms with E-state index in [0.29, 0.717) is 17.5 Å². The highest BCUT2D eigenvalue weighted by molar-refractivity contribution is 7.26. The first-order chi connectivity index (χ1) is 28.2. The summed E-state index contributed by atoms with van der Waals surface area (Å²) in [4.78, 5) is 16.0. The molecular weight excluding hydrogens is 733 g/mol. The van der Waals surface area contributed by atoms with E-state index in [1.807, 2.05) is 11.3 Å². The smallest absolute Gasteiger partial charge is 0.165 e. The third-order valence-electron chi connectivity index (χ3n) is 11.1. The van der Waals surface area contributed by atoms with E-state index in [0.717, 1.165) is 44.2 Å². The first-order valence-electron chi connectivity index (χ1n) is 19.0. The minimum atomic E-state index is 0.650. The van der Waals surface area contributed by atoms with Crippen molar-refractivity contribution in [2.45, 2.75) is 0 Å². The number of hydrogen-bond acceptors (Lipinski definition) is 5. The van der Waals surface area contributed by atoms with Crippen molar-refractivity contribution >= 4 is 84.8 Å². The van der Waals surface area contributed by atoms with Gasteiger partial charge < -0.3 is 4.57 Å². The van der Waals surface area contributed by atoms with Crippen LogP contribution in [0, 0.1) is 0 Å². The van der Waals surface area contributed by atoms with Crippen LogP contribution in [0.2, 0.25) is 0 Å². The molecule has 0 spiro atoms. The predicted octanol–water partition coefficient (Wildman–Crippen LogP) is 14.4. The molecule has 4 heterocycles. The first kappa shape index (κ1) is 32.3. The summed E-state index contributed by atoms with van der Waals surface area (Å²) in [5, 5.41) is 7.25. The Morgan fingerprint density at radius 3 is 1.74 bits per heavy atom. The van der Waals surface area contributed by atoms with E-state index in [1.54, 1.807) is 11.3 Å². The van der Waals surface area contributed by atoms with Crippen LogP contribution in [-0.4, -0.2) is 19.5 Å². The first-order valence-corrected chi connectivity index (χ1v) is 20.7. The van der Waals surface area contributed by atoms with Crippen molar-refractivity contribution in [2.24, 2.45) is 0 Å². The van der Waals surface area contributed by atoms with Gasteiger partial charge in [-0.05, 0) is 59.7 Å². The molecule has 0 aliphatic rings. The largest absolute Gasteiger partial charge is 0.309 e. The molecule has 0 unspecified atom stereocenters. The third kappa shape index (κ3) is 5.15. The topological polar surface area (TPSA) is 43.6 Å². The Morgan fingerprint density at radius 2 is 0.912 bits per heavy atom. The normalized spacial score (nSPS) is 11.9. The Balaban J connectivity index is 1.10. The van der Waals surface area contributed by atoms with Crippen LogP contribution in [-0.2, 0) is 0 Å². The molecule has 4 nitrogen and oxygen atoms in total. The monoisotopic (exact) mass is 762 g/mol. The van der Waals surface area contributed by atoms with Gasteiger partial charge in [0.25, 0.3) is 0 Å². The van der Waals surface area contributed by atoms with Gasteiger partial charge in [-0.2, -0.15) is 0 Å². The van der Waals surface area contributed by atoms with Gasteiger partial charge in [-0.3, -0.25) is 0 Å². The highest BCUT2D eigenvalue weighted by Crippen LogP contribution is 2.42. The van der Waals surface area contributed by atoms with E-state index in [-0.39, 0.29) is 0 Å². The number of nitrogens with zero attached hydrogens (tertiary/aromatic N) is 4. The summed E-state index contributed by atoms with van der Waals surface area (Å²) in [5.74, 6) is 1.98. The second-order valence-electron chi connectivity index (χ2n) is 14.4. The molecule has 8 aromatic carbocycles. The molecule has 0 atom stereocenters. The van der Waals surface area contributed by atoms with Gasteiger partial charge in [0.05, 0.1) is 11.0 Å². The van der Waals surface area contributed by atoms with Crippen LogP contribution in [0.5, 0.6) is 0 Å². The summed E-state index contributed by atoms with van der Waals surface area (Å²) in [7, 11) is 0. The van der Waals surface area contributed by atoms with Gasteiger partial charge in [-0.25, -0.2) is 15.0 Å². The van der Waals surface area contributed by atoms with Crippen molar-refractivity contribution in [1.29, 1.82) is 0 Å². The molecule has 0 saturated heterocycles. The highest BCUT2D eigenvalue weighted by atomic mass is 32.1. The second kappa shape index (κ2) is 12.8. The van der Waals surface area contributed by atoms with Crippen LogP contribution >= 0.6 is 22.7 Å². The minimum absolute atomic E-state index is 0.650. The van der Waals surface area contributed by atoms with E-state index in [4.69, 9.17) is 15.0 Å². The lowest BCUT2D eigenvalue weighted by atomic mass is 10.0. The Morgan fingerprint density at radius 1 is 0.351 bits per heavy atom. The molecule has 0 bridgehead atoms. The molecule has 12 rings (SSSR count). The second-order valence-corrected chi connectivity index (χ2v) is 16.5. The average Bonchev–Trinajstić information content (AvgIpc) is 3.96. The number of thiophene rings is 2. The van der Waals surface area contributed by atoms with Crippen LogP contribution in [0.4, 0.5) is 0 Å². The lowest BCUT2D eigenvalue weighted by Gasteiger charge is -2.11. The summed E-state index contributed by atoms with van der Waals surface area (Å²) in [5.41, 5.74) is 8.67. The fraction of sp³-hybridized carbons (Fsp3) is 0. The Hall–Kier alpha value is -6.99. The third-order valence-corrected chi connectivity index (χ3v) is 13.4. The number of fused-ring (bicyclic) bond motifs is 9. The molecule has 12 aromatic rings. The maximum Gasteiger partial charge on any atom is 0.165 e. The molecule has 0 radical (unpaired) electrons. The Bertz CT molecular complexity index is 3520. The fourth-order valence-corrected chi connectivity index (χ4v) is 10.8. The predicted molar refractivity (Wildman–Crippen MR) is 242 cm³/mol. The van der Waals surface area contributed by atoms with Crippen LogP contribution in [0.1, 0.15) is 0 Å². The summed E-state index contributed by atoms with van der Waals surface area (Å²) in [6.07, 6.45) is 0.